The van der Waals surface area contributed by atoms with E-state index in [2.05, 4.69) is 14.8 Å². The monoisotopic (exact) mass is 353 g/mol. The maximum absolute atomic E-state index is 11.9. The number of carboxylic acids is 1. The molecule has 1 fully saturated rings. The average molecular weight is 354 g/mol. The van der Waals surface area contributed by atoms with Crippen LogP contribution in [0.3, 0.4) is 0 Å². The second-order valence-electron chi connectivity index (χ2n) is 5.46. The van der Waals surface area contributed by atoms with E-state index in [-0.39, 0.29) is 16.8 Å². The highest BCUT2D eigenvalue weighted by molar-refractivity contribution is 6.33. The van der Waals surface area contributed by atoms with Crippen molar-refractivity contribution in [3.63, 3.8) is 0 Å². The number of esters is 1. The summed E-state index contributed by atoms with van der Waals surface area (Å²) in [5, 5.41) is 14.2. The number of hydrogen-bond acceptors (Lipinski definition) is 6. The SMILES string of the molecule is COC(=O)C(C(=O)O)c1c(Cl)cnc2c1cnn2C1CCCCO1. The number of halogens is 1. The molecule has 2 unspecified atom stereocenters. The number of aliphatic carboxylic acids is 1. The lowest BCUT2D eigenvalue weighted by Gasteiger charge is -2.23. The summed E-state index contributed by atoms with van der Waals surface area (Å²) in [7, 11) is 1.13. The van der Waals surface area contributed by atoms with Gasteiger partial charge in [-0.25, -0.2) is 9.67 Å². The number of ether oxygens (including phenoxy) is 2. The van der Waals surface area contributed by atoms with E-state index in [0.717, 1.165) is 26.4 Å². The zero-order chi connectivity index (χ0) is 17.3. The van der Waals surface area contributed by atoms with E-state index in [1.165, 1.54) is 12.4 Å². The molecule has 1 aliphatic heterocycles. The van der Waals surface area contributed by atoms with Crippen molar-refractivity contribution in [1.29, 1.82) is 0 Å². The van der Waals surface area contributed by atoms with Crippen molar-refractivity contribution in [2.45, 2.75) is 31.4 Å². The van der Waals surface area contributed by atoms with Crippen LogP contribution in [0.4, 0.5) is 0 Å². The Hall–Kier alpha value is -2.19. The number of carbonyl (C=O) groups is 2. The highest BCUT2D eigenvalue weighted by Gasteiger charge is 2.34. The Morgan fingerprint density at radius 2 is 2.25 bits per heavy atom. The first kappa shape index (κ1) is 16.7. The lowest BCUT2D eigenvalue weighted by molar-refractivity contribution is -0.152. The second kappa shape index (κ2) is 6.74. The smallest absolute Gasteiger partial charge is 0.324 e. The molecule has 1 saturated heterocycles. The van der Waals surface area contributed by atoms with Gasteiger partial charge >= 0.3 is 11.9 Å². The van der Waals surface area contributed by atoms with Crippen LogP contribution in [0.5, 0.6) is 0 Å². The van der Waals surface area contributed by atoms with Gasteiger partial charge in [0.1, 0.15) is 0 Å². The molecule has 3 rings (SSSR count). The van der Waals surface area contributed by atoms with Crippen molar-refractivity contribution in [2.75, 3.05) is 13.7 Å². The van der Waals surface area contributed by atoms with Gasteiger partial charge in [-0.15, -0.1) is 0 Å². The number of carbonyl (C=O) groups excluding carboxylic acids is 1. The van der Waals surface area contributed by atoms with Gasteiger partial charge in [-0.1, -0.05) is 11.6 Å². The van der Waals surface area contributed by atoms with E-state index < -0.39 is 17.9 Å². The highest BCUT2D eigenvalue weighted by Crippen LogP contribution is 2.34. The highest BCUT2D eigenvalue weighted by atomic mass is 35.5. The van der Waals surface area contributed by atoms with Crippen LogP contribution in [0, 0.1) is 0 Å². The zero-order valence-corrected chi connectivity index (χ0v) is 13.7. The van der Waals surface area contributed by atoms with Gasteiger partial charge in [0.25, 0.3) is 0 Å². The van der Waals surface area contributed by atoms with Crippen LogP contribution < -0.4 is 0 Å². The van der Waals surface area contributed by atoms with Crippen LogP contribution in [0.15, 0.2) is 12.4 Å². The van der Waals surface area contributed by atoms with Gasteiger partial charge in [-0.3, -0.25) is 9.59 Å². The number of methoxy groups -OCH3 is 1. The third-order valence-corrected chi connectivity index (χ3v) is 4.32. The molecule has 0 radical (unpaired) electrons. The molecule has 0 bridgehead atoms. The van der Waals surface area contributed by atoms with E-state index >= 15 is 0 Å². The van der Waals surface area contributed by atoms with Gasteiger partial charge in [-0.05, 0) is 19.3 Å². The van der Waals surface area contributed by atoms with Crippen LogP contribution in [-0.2, 0) is 19.1 Å². The van der Waals surface area contributed by atoms with Crippen molar-refractivity contribution in [3.8, 4) is 0 Å². The first-order valence-corrected chi connectivity index (χ1v) is 7.86. The van der Waals surface area contributed by atoms with Gasteiger partial charge in [0.2, 0.25) is 0 Å². The fraction of sp³-hybridized carbons (Fsp3) is 0.467. The third-order valence-electron chi connectivity index (χ3n) is 4.02. The van der Waals surface area contributed by atoms with Crippen molar-refractivity contribution < 1.29 is 24.2 Å². The fourth-order valence-electron chi connectivity index (χ4n) is 2.87. The number of fused-ring (bicyclic) bond motifs is 1. The topological polar surface area (TPSA) is 104 Å². The lowest BCUT2D eigenvalue weighted by atomic mass is 9.97. The van der Waals surface area contributed by atoms with Crippen molar-refractivity contribution in [2.24, 2.45) is 0 Å². The summed E-state index contributed by atoms with van der Waals surface area (Å²) in [6.45, 7) is 0.631. The largest absolute Gasteiger partial charge is 0.480 e. The molecule has 24 heavy (non-hydrogen) atoms. The number of hydrogen-bond donors (Lipinski definition) is 1. The van der Waals surface area contributed by atoms with Crippen LogP contribution >= 0.6 is 11.6 Å². The summed E-state index contributed by atoms with van der Waals surface area (Å²) >= 11 is 6.14. The number of aromatic nitrogens is 3. The number of carboxylic acid groups (broad SMARTS) is 1. The predicted octanol–water partition coefficient (Wildman–Crippen LogP) is 2.12. The van der Waals surface area contributed by atoms with E-state index in [9.17, 15) is 14.7 Å². The maximum Gasteiger partial charge on any atom is 0.324 e. The van der Waals surface area contributed by atoms with E-state index in [4.69, 9.17) is 16.3 Å². The van der Waals surface area contributed by atoms with Crippen LogP contribution in [-0.4, -0.2) is 45.5 Å². The summed E-state index contributed by atoms with van der Waals surface area (Å²) < 4.78 is 11.9. The molecule has 9 heteroatoms. The van der Waals surface area contributed by atoms with E-state index in [1.54, 1.807) is 4.68 Å². The molecule has 2 aromatic heterocycles. The Morgan fingerprint density at radius 1 is 1.46 bits per heavy atom. The molecule has 0 spiro atoms. The fourth-order valence-corrected chi connectivity index (χ4v) is 3.13. The molecule has 1 aliphatic rings. The van der Waals surface area contributed by atoms with Gasteiger partial charge in [-0.2, -0.15) is 5.10 Å². The van der Waals surface area contributed by atoms with E-state index in [0.29, 0.717) is 17.6 Å². The normalized spacial score (nSPS) is 19.2. The summed E-state index contributed by atoms with van der Waals surface area (Å²) in [4.78, 5) is 27.7. The summed E-state index contributed by atoms with van der Waals surface area (Å²) in [6.07, 6.45) is 5.30. The molecule has 0 aromatic carbocycles. The first-order chi connectivity index (χ1) is 11.5. The van der Waals surface area contributed by atoms with Crippen molar-refractivity contribution in [1.82, 2.24) is 14.8 Å². The Bertz CT molecular complexity index is 785. The van der Waals surface area contributed by atoms with Gasteiger partial charge < -0.3 is 14.6 Å². The zero-order valence-electron chi connectivity index (χ0n) is 12.9. The standard InChI is InChI=1S/C15H16ClN3O5/c1-23-15(22)12(14(20)21)11-8-6-18-19(10-4-2-3-5-24-10)13(8)17-7-9(11)16/h6-7,10,12H,2-5H2,1H3,(H,20,21). The molecule has 1 N–H and O–H groups in total. The quantitative estimate of drug-likeness (QED) is 0.663. The van der Waals surface area contributed by atoms with Crippen LogP contribution in [0.1, 0.15) is 37.0 Å². The van der Waals surface area contributed by atoms with Gasteiger partial charge in [0.15, 0.2) is 17.8 Å². The Kier molecular flexibility index (Phi) is 4.68. The molecule has 2 aromatic rings. The molecule has 3 heterocycles. The minimum absolute atomic E-state index is 0.0735. The van der Waals surface area contributed by atoms with Gasteiger partial charge in [0, 0.05) is 23.8 Å². The molecule has 0 amide bonds. The minimum atomic E-state index is -1.54. The van der Waals surface area contributed by atoms with Crippen molar-refractivity contribution >= 4 is 34.6 Å². The summed E-state index contributed by atoms with van der Waals surface area (Å²) in [5.41, 5.74) is 0.555. The number of nitrogens with zero attached hydrogens (tertiary/aromatic N) is 3. The molecule has 128 valence electrons. The molecule has 0 aliphatic carbocycles. The van der Waals surface area contributed by atoms with E-state index in [1.807, 2.05) is 0 Å². The minimum Gasteiger partial charge on any atom is -0.480 e. The maximum atomic E-state index is 11.9. The lowest BCUT2D eigenvalue weighted by Crippen LogP contribution is -2.23. The predicted molar refractivity (Wildman–Crippen MR) is 83.8 cm³/mol. The first-order valence-electron chi connectivity index (χ1n) is 7.48. The Morgan fingerprint density at radius 3 is 2.88 bits per heavy atom. The molecular formula is C15H16ClN3O5. The Labute approximate surface area is 142 Å². The number of pyridine rings is 1. The number of rotatable bonds is 4. The summed E-state index contributed by atoms with van der Waals surface area (Å²) in [6, 6.07) is 0. The Balaban J connectivity index is 2.14. The third kappa shape index (κ3) is 2.83. The van der Waals surface area contributed by atoms with Crippen molar-refractivity contribution in [3.05, 3.63) is 23.0 Å². The molecule has 8 nitrogen and oxygen atoms in total. The average Bonchev–Trinajstić information content (AvgIpc) is 3.01. The molecule has 2 atom stereocenters. The van der Waals surface area contributed by atoms with Gasteiger partial charge in [0.05, 0.1) is 18.3 Å². The van der Waals surface area contributed by atoms with Crippen LogP contribution in [0.25, 0.3) is 11.0 Å². The van der Waals surface area contributed by atoms with Crippen LogP contribution in [0.2, 0.25) is 5.02 Å². The molecule has 0 saturated carbocycles. The second-order valence-corrected chi connectivity index (χ2v) is 5.87. The molecular weight excluding hydrogens is 338 g/mol. The summed E-state index contributed by atoms with van der Waals surface area (Å²) in [5.74, 6) is -3.80.